The molecule has 2 aliphatic heterocycles. The quantitative estimate of drug-likeness (QED) is 0.226. The van der Waals surface area contributed by atoms with Gasteiger partial charge >= 0.3 is 0 Å². The summed E-state index contributed by atoms with van der Waals surface area (Å²) in [7, 11) is 0. The van der Waals surface area contributed by atoms with Crippen LogP contribution < -0.4 is 4.74 Å². The number of hydrogen-bond donors (Lipinski definition) is 0. The minimum absolute atomic E-state index is 0.0457. The minimum Gasteiger partial charge on any atom is -0.488 e. The van der Waals surface area contributed by atoms with Crippen LogP contribution in [0.4, 0.5) is 0 Å². The zero-order chi connectivity index (χ0) is 21.1. The van der Waals surface area contributed by atoms with Crippen LogP contribution in [0, 0.1) is 3.57 Å². The maximum Gasteiger partial charge on any atom is 0.266 e. The molecule has 30 heavy (non-hydrogen) atoms. The van der Waals surface area contributed by atoms with E-state index < -0.39 is 0 Å². The van der Waals surface area contributed by atoms with Gasteiger partial charge in [0.25, 0.3) is 5.91 Å². The second-order valence-electron chi connectivity index (χ2n) is 7.03. The first-order valence-electron chi connectivity index (χ1n) is 9.53. The molecule has 2 aromatic carbocycles. The summed E-state index contributed by atoms with van der Waals surface area (Å²) in [6.07, 6.45) is 3.99. The molecule has 0 N–H and O–H groups in total. The average molecular weight is 616 g/mol. The Balaban J connectivity index is 1.42. The molecule has 0 aliphatic carbocycles. The van der Waals surface area contributed by atoms with Gasteiger partial charge in [-0.1, -0.05) is 42.2 Å². The van der Waals surface area contributed by atoms with E-state index >= 15 is 0 Å². The van der Waals surface area contributed by atoms with E-state index in [1.165, 1.54) is 15.3 Å². The van der Waals surface area contributed by atoms with Crippen molar-refractivity contribution in [3.8, 4) is 5.75 Å². The van der Waals surface area contributed by atoms with Gasteiger partial charge in [-0.3, -0.25) is 9.69 Å². The number of ether oxygens (including phenoxy) is 2. The highest BCUT2D eigenvalue weighted by atomic mass is 127. The monoisotopic (exact) mass is 615 g/mol. The van der Waals surface area contributed by atoms with Gasteiger partial charge in [0.2, 0.25) is 0 Å². The second kappa shape index (κ2) is 10.1. The van der Waals surface area contributed by atoms with Crippen LogP contribution in [-0.2, 0) is 16.1 Å². The number of nitrogens with zero attached hydrogens (tertiary/aromatic N) is 1. The third-order valence-electron chi connectivity index (χ3n) is 4.85. The number of hydrogen-bond acceptors (Lipinski definition) is 5. The van der Waals surface area contributed by atoms with E-state index in [9.17, 15) is 4.79 Å². The number of thioether (sulfide) groups is 1. The van der Waals surface area contributed by atoms with Gasteiger partial charge in [0.1, 0.15) is 16.7 Å². The van der Waals surface area contributed by atoms with Crippen LogP contribution in [0.3, 0.4) is 0 Å². The van der Waals surface area contributed by atoms with Gasteiger partial charge in [-0.05, 0) is 92.8 Å². The predicted molar refractivity (Wildman–Crippen MR) is 136 cm³/mol. The molecule has 4 rings (SSSR count). The van der Waals surface area contributed by atoms with Gasteiger partial charge in [0.05, 0.1) is 22.0 Å². The largest absolute Gasteiger partial charge is 0.488 e. The van der Waals surface area contributed by atoms with Crippen molar-refractivity contribution in [3.05, 3.63) is 66.5 Å². The van der Waals surface area contributed by atoms with Crippen LogP contribution in [0.5, 0.6) is 5.75 Å². The van der Waals surface area contributed by atoms with Gasteiger partial charge in [-0.25, -0.2) is 0 Å². The van der Waals surface area contributed by atoms with Gasteiger partial charge in [0.15, 0.2) is 0 Å². The lowest BCUT2D eigenvalue weighted by molar-refractivity contribution is -0.123. The molecular weight excluding hydrogens is 597 g/mol. The van der Waals surface area contributed by atoms with Crippen LogP contribution in [0.2, 0.25) is 0 Å². The Kier molecular flexibility index (Phi) is 7.51. The smallest absolute Gasteiger partial charge is 0.266 e. The molecule has 2 heterocycles. The molecule has 0 spiro atoms. The van der Waals surface area contributed by atoms with Gasteiger partial charge in [-0.2, -0.15) is 0 Å². The molecule has 4 nitrogen and oxygen atoms in total. The molecule has 0 bridgehead atoms. The molecule has 2 aromatic rings. The van der Waals surface area contributed by atoms with Crippen LogP contribution >= 0.6 is 62.5 Å². The van der Waals surface area contributed by atoms with Crippen molar-refractivity contribution in [2.75, 3.05) is 13.2 Å². The highest BCUT2D eigenvalue weighted by Gasteiger charge is 2.34. The lowest BCUT2D eigenvalue weighted by atomic mass is 10.2. The summed E-state index contributed by atoms with van der Waals surface area (Å²) in [5, 5.41) is 0. The highest BCUT2D eigenvalue weighted by molar-refractivity contribution is 14.1. The highest BCUT2D eigenvalue weighted by Crippen LogP contribution is 2.35. The Morgan fingerprint density at radius 2 is 2.10 bits per heavy atom. The molecule has 0 unspecified atom stereocenters. The van der Waals surface area contributed by atoms with Crippen LogP contribution in [0.25, 0.3) is 6.08 Å². The third-order valence-corrected chi connectivity index (χ3v) is 7.56. The van der Waals surface area contributed by atoms with E-state index in [0.29, 0.717) is 22.4 Å². The number of carbonyl (C=O) groups is 1. The molecule has 2 fully saturated rings. The number of rotatable bonds is 6. The van der Waals surface area contributed by atoms with Crippen molar-refractivity contribution in [3.63, 3.8) is 0 Å². The van der Waals surface area contributed by atoms with E-state index in [0.717, 1.165) is 40.8 Å². The maximum atomic E-state index is 12.8. The normalized spacial score (nSPS) is 20.4. The van der Waals surface area contributed by atoms with E-state index in [4.69, 9.17) is 21.7 Å². The molecule has 1 amide bonds. The molecule has 0 aromatic heterocycles. The summed E-state index contributed by atoms with van der Waals surface area (Å²) in [5.41, 5.74) is 2.03. The number of thiocarbonyl (C=S) groups is 1. The zero-order valence-electron chi connectivity index (χ0n) is 16.0. The third kappa shape index (κ3) is 5.45. The van der Waals surface area contributed by atoms with E-state index in [1.54, 1.807) is 4.90 Å². The Morgan fingerprint density at radius 1 is 1.30 bits per heavy atom. The minimum atomic E-state index is -0.0457. The fourth-order valence-corrected chi connectivity index (χ4v) is 5.41. The first kappa shape index (κ1) is 22.3. The fourth-order valence-electron chi connectivity index (χ4n) is 3.27. The van der Waals surface area contributed by atoms with Crippen LogP contribution in [0.15, 0.2) is 51.8 Å². The van der Waals surface area contributed by atoms with Crippen molar-refractivity contribution in [1.82, 2.24) is 4.90 Å². The SMILES string of the molecule is O=C1/C(=C/c2ccc(OCc3ccc(I)cc3)c(Br)c2)SC(=S)N1C[C@H]1CCCO1. The summed E-state index contributed by atoms with van der Waals surface area (Å²) < 4.78 is 14.2. The van der Waals surface area contributed by atoms with Crippen LogP contribution in [-0.4, -0.2) is 34.4 Å². The molecule has 0 saturated carbocycles. The average Bonchev–Trinajstić information content (AvgIpc) is 3.33. The Hall–Kier alpha value is -0.940. The van der Waals surface area contributed by atoms with Gasteiger partial charge in [-0.15, -0.1) is 0 Å². The van der Waals surface area contributed by atoms with Crippen molar-refractivity contribution < 1.29 is 14.3 Å². The zero-order valence-corrected chi connectivity index (χ0v) is 21.4. The lowest BCUT2D eigenvalue weighted by Crippen LogP contribution is -2.35. The van der Waals surface area contributed by atoms with E-state index in [1.807, 2.05) is 24.3 Å². The summed E-state index contributed by atoms with van der Waals surface area (Å²) in [6.45, 7) is 1.80. The molecule has 8 heteroatoms. The standard InChI is InChI=1S/C22H19BrINO3S2/c23-18-10-15(5-8-19(18)28-13-14-3-6-16(24)7-4-14)11-20-21(26)25(22(29)30-20)12-17-2-1-9-27-17/h3-8,10-11,17H,1-2,9,12-13H2/b20-11-/t17-/m1/s1. The van der Waals surface area contributed by atoms with E-state index in [2.05, 4.69) is 62.8 Å². The molecule has 156 valence electrons. The Bertz CT molecular complexity index is 990. The summed E-state index contributed by atoms with van der Waals surface area (Å²) >= 11 is 12.6. The molecule has 1 atom stereocenters. The number of carbonyl (C=O) groups excluding carboxylic acids is 1. The topological polar surface area (TPSA) is 38.8 Å². The molecule has 0 radical (unpaired) electrons. The summed E-state index contributed by atoms with van der Waals surface area (Å²) in [4.78, 5) is 15.1. The Labute approximate surface area is 207 Å². The van der Waals surface area contributed by atoms with Crippen molar-refractivity contribution in [2.24, 2.45) is 0 Å². The number of amides is 1. The van der Waals surface area contributed by atoms with Crippen molar-refractivity contribution in [1.29, 1.82) is 0 Å². The van der Waals surface area contributed by atoms with Crippen molar-refractivity contribution >= 4 is 78.8 Å². The molecule has 2 saturated heterocycles. The number of benzene rings is 2. The van der Waals surface area contributed by atoms with Crippen LogP contribution in [0.1, 0.15) is 24.0 Å². The fraction of sp³-hybridized carbons (Fsp3) is 0.273. The Morgan fingerprint density at radius 3 is 2.80 bits per heavy atom. The van der Waals surface area contributed by atoms with Gasteiger partial charge < -0.3 is 9.47 Å². The van der Waals surface area contributed by atoms with E-state index in [-0.39, 0.29) is 12.0 Å². The van der Waals surface area contributed by atoms with Gasteiger partial charge in [0, 0.05) is 10.2 Å². The molecule has 2 aliphatic rings. The number of halogens is 2. The first-order chi connectivity index (χ1) is 14.5. The summed E-state index contributed by atoms with van der Waals surface area (Å²) in [6, 6.07) is 14.1. The first-order valence-corrected chi connectivity index (χ1v) is 12.6. The van der Waals surface area contributed by atoms with Crippen molar-refractivity contribution in [2.45, 2.75) is 25.6 Å². The molecular formula is C22H19BrINO3S2. The second-order valence-corrected chi connectivity index (χ2v) is 10.8. The maximum absolute atomic E-state index is 12.8. The lowest BCUT2D eigenvalue weighted by Gasteiger charge is -2.18. The summed E-state index contributed by atoms with van der Waals surface area (Å²) in [5.74, 6) is 0.715. The predicted octanol–water partition coefficient (Wildman–Crippen LogP) is 6.01.